The molecule has 8 N–H and O–H groups in total. The van der Waals surface area contributed by atoms with Crippen LogP contribution in [0, 0.1) is 10.7 Å². The number of hydrogen-bond acceptors (Lipinski definition) is 13. The number of aromatic amines is 1. The Kier molecular flexibility index (Phi) is 17.3. The zero-order valence-electron chi connectivity index (χ0n) is 37.8. The fourth-order valence-corrected chi connectivity index (χ4v) is 14.8. The zero-order valence-corrected chi connectivity index (χ0v) is 42.9. The van der Waals surface area contributed by atoms with E-state index < -0.39 is 69.8 Å². The monoisotopic (exact) mass is 1080 g/mol. The number of rotatable bonds is 19. The van der Waals surface area contributed by atoms with Gasteiger partial charge in [0.05, 0.1) is 18.3 Å². The van der Waals surface area contributed by atoms with Crippen molar-refractivity contribution in [3.8, 4) is 5.40 Å². The van der Waals surface area contributed by atoms with Gasteiger partial charge in [0.1, 0.15) is 17.7 Å². The second kappa shape index (κ2) is 22.8. The molecule has 1 saturated heterocycles. The summed E-state index contributed by atoms with van der Waals surface area (Å²) in [5, 5.41) is 28.4. The summed E-state index contributed by atoms with van der Waals surface area (Å²) in [7, 11) is -18.5. The quantitative estimate of drug-likeness (QED) is 0.0226. The number of aliphatic hydroxyl groups excluding tert-OH is 1. The molecule has 0 amide bonds. The lowest BCUT2D eigenvalue weighted by Crippen LogP contribution is -2.35. The van der Waals surface area contributed by atoms with Gasteiger partial charge in [-0.25, -0.2) is 18.5 Å². The number of nitrogens with one attached hydrogen (secondary N) is 3. The lowest BCUT2D eigenvalue weighted by molar-refractivity contribution is -0.0450. The van der Waals surface area contributed by atoms with E-state index in [9.17, 15) is 38.2 Å². The summed E-state index contributed by atoms with van der Waals surface area (Å²) in [6.45, 7) is -0.354. The summed E-state index contributed by atoms with van der Waals surface area (Å²) < 4.78 is 53.1. The number of thiocyanates is 1. The minimum Gasteiger partial charge on any atom is -0.390 e. The highest BCUT2D eigenvalue weighted by molar-refractivity contribution is 8.47. The van der Waals surface area contributed by atoms with Gasteiger partial charge in [0.15, 0.2) is 5.11 Å². The van der Waals surface area contributed by atoms with Gasteiger partial charge in [-0.15, -0.1) is 0 Å². The van der Waals surface area contributed by atoms with Crippen molar-refractivity contribution in [2.24, 2.45) is 0 Å². The Morgan fingerprint density at radius 1 is 0.845 bits per heavy atom. The van der Waals surface area contributed by atoms with Crippen LogP contribution >= 0.6 is 57.5 Å². The molecule has 5 atom stereocenters. The van der Waals surface area contributed by atoms with Crippen molar-refractivity contribution in [2.45, 2.75) is 37.2 Å². The molecule has 0 saturated carbocycles. The highest BCUT2D eigenvalue weighted by atomic mass is 32.3. The first-order valence-corrected chi connectivity index (χ1v) is 29.7. The first-order chi connectivity index (χ1) is 33.6. The van der Waals surface area contributed by atoms with E-state index >= 15 is 0 Å². The van der Waals surface area contributed by atoms with Crippen LogP contribution in [0.15, 0.2) is 131 Å². The molecular weight excluding hydrogens is 1040 g/mol. The first-order valence-electron chi connectivity index (χ1n) is 21.3. The van der Waals surface area contributed by atoms with E-state index in [1.54, 1.807) is 6.08 Å². The number of phosphoric ester groups is 1. The molecule has 2 aliphatic heterocycles. The van der Waals surface area contributed by atoms with Crippen LogP contribution in [0.4, 0.5) is 0 Å². The molecule has 4 aromatic carbocycles. The number of nitriles is 1. The molecule has 0 bridgehead atoms. The lowest BCUT2D eigenvalue weighted by atomic mass is 9.89. The Labute approximate surface area is 418 Å². The van der Waals surface area contributed by atoms with E-state index in [4.69, 9.17) is 32.0 Å². The number of hydrogen-bond donors (Lipinski definition) is 8. The van der Waals surface area contributed by atoms with Crippen LogP contribution in [0.1, 0.15) is 51.6 Å². The molecular formula is C46H48N5O14P3S3. The summed E-state index contributed by atoms with van der Waals surface area (Å²) in [6.07, 6.45) is 4.62. The standard InChI is InChI=1S/C46H48N5O14P3S3/c1-71(2)42(40(32-10-5-3-6-11-32)41(33-12-7-4-8-13-33)43(71)35-21-17-31(18-22-35)28-70-29-47)34-19-15-30(16-20-34)25-49-45(69)48-23-9-14-36-26-51(46(54)50-44(36)53)39-24-37(52)38(63-39)27-62-67(58,59)65-68(60,61)64-66(55,56)57/h3-22,26,37-39,52H,23-25,27-28H2,1-2H3,(H,58,59)(H,60,61)(H2,48,49,69)(H,50,53,54)(H2,55,56,57)/b14-9+/t37-,38?,39-/m1/s1. The van der Waals surface area contributed by atoms with Crippen LogP contribution < -0.4 is 21.9 Å². The number of thioether (sulfide) groups is 1. The third-order valence-corrected chi connectivity index (χ3v) is 18.7. The Morgan fingerprint density at radius 2 is 1.41 bits per heavy atom. The SMILES string of the molecule is CS1(C)C(c2ccc(CNC(=S)NC/C=C/c3cn([C@H]4C[C@@H](O)C(COP(=O)(O)OP(=O)(O)OP(=O)(O)O)O4)c(=O)[nH]c3=O)cc2)=C(c2ccccc2)C(c2ccccc2)=C1c1ccc(CSC#N)cc1. The summed E-state index contributed by atoms with van der Waals surface area (Å²) >= 11 is 6.76. The number of aliphatic hydroxyl groups is 1. The topological polar surface area (TPSA) is 292 Å². The minimum absolute atomic E-state index is 0.0281. The van der Waals surface area contributed by atoms with Gasteiger partial charge >= 0.3 is 29.2 Å². The molecule has 0 radical (unpaired) electrons. The van der Waals surface area contributed by atoms with E-state index in [2.05, 4.69) is 144 Å². The van der Waals surface area contributed by atoms with Crippen LogP contribution in [0.25, 0.3) is 27.0 Å². The third kappa shape index (κ3) is 13.7. The average Bonchev–Trinajstić information content (AvgIpc) is 3.81. The number of H-pyrrole nitrogens is 1. The number of aromatic nitrogens is 2. The first kappa shape index (κ1) is 53.8. The summed E-state index contributed by atoms with van der Waals surface area (Å²) in [4.78, 5) is 66.7. The van der Waals surface area contributed by atoms with Gasteiger partial charge < -0.3 is 40.1 Å². The van der Waals surface area contributed by atoms with Crippen molar-refractivity contribution in [1.82, 2.24) is 20.2 Å². The van der Waals surface area contributed by atoms with Crippen molar-refractivity contribution < 1.29 is 56.3 Å². The molecule has 7 rings (SSSR count). The third-order valence-electron chi connectivity index (χ3n) is 11.0. The molecule has 71 heavy (non-hydrogen) atoms. The predicted octanol–water partition coefficient (Wildman–Crippen LogP) is 7.43. The van der Waals surface area contributed by atoms with Gasteiger partial charge in [0.2, 0.25) is 0 Å². The summed E-state index contributed by atoms with van der Waals surface area (Å²) in [5.74, 6) is 0.614. The second-order valence-electron chi connectivity index (χ2n) is 16.3. The molecule has 0 aliphatic carbocycles. The molecule has 19 nitrogen and oxygen atoms in total. The molecule has 1 fully saturated rings. The predicted molar refractivity (Wildman–Crippen MR) is 278 cm³/mol. The number of ether oxygens (including phenoxy) is 1. The van der Waals surface area contributed by atoms with Crippen LogP contribution in [-0.2, 0) is 43.9 Å². The normalized spacial score (nSPS) is 20.1. The van der Waals surface area contributed by atoms with E-state index in [1.807, 2.05) is 12.1 Å². The Morgan fingerprint density at radius 3 is 1.96 bits per heavy atom. The molecule has 374 valence electrons. The molecule has 3 heterocycles. The Bertz CT molecular complexity index is 3180. The molecule has 5 aromatic rings. The summed E-state index contributed by atoms with van der Waals surface area (Å²) in [6, 6.07) is 38.0. The minimum atomic E-state index is -5.77. The Hall–Kier alpha value is -5.01. The lowest BCUT2D eigenvalue weighted by Gasteiger charge is -2.34. The van der Waals surface area contributed by atoms with E-state index in [1.165, 1.54) is 45.0 Å². The largest absolute Gasteiger partial charge is 0.490 e. The molecule has 1 aromatic heterocycles. The number of thiocarbonyl (C=S) groups is 1. The summed E-state index contributed by atoms with van der Waals surface area (Å²) in [5.41, 5.74) is 7.34. The highest BCUT2D eigenvalue weighted by Crippen LogP contribution is 2.74. The zero-order chi connectivity index (χ0) is 51.1. The van der Waals surface area contributed by atoms with Gasteiger partial charge in [0.25, 0.3) is 5.56 Å². The number of benzene rings is 4. The highest BCUT2D eigenvalue weighted by Gasteiger charge is 2.43. The van der Waals surface area contributed by atoms with Gasteiger partial charge in [-0.2, -0.15) is 23.9 Å². The van der Waals surface area contributed by atoms with Crippen molar-refractivity contribution in [3.05, 3.63) is 181 Å². The number of nitrogens with zero attached hydrogens (tertiary/aromatic N) is 2. The maximum Gasteiger partial charge on any atom is 0.490 e. The average molecular weight is 1080 g/mol. The van der Waals surface area contributed by atoms with Crippen LogP contribution in [0.2, 0.25) is 0 Å². The van der Waals surface area contributed by atoms with Crippen molar-refractivity contribution in [3.63, 3.8) is 0 Å². The number of allylic oxidation sites excluding steroid dienone is 2. The van der Waals surface area contributed by atoms with Crippen LogP contribution in [-0.4, -0.2) is 77.2 Å². The molecule has 25 heteroatoms. The maximum atomic E-state index is 12.7. The maximum absolute atomic E-state index is 12.7. The fraction of sp³-hybridized carbons (Fsp3) is 0.217. The van der Waals surface area contributed by atoms with Gasteiger partial charge in [0, 0.05) is 52.4 Å². The smallest absolute Gasteiger partial charge is 0.390 e. The van der Waals surface area contributed by atoms with Crippen molar-refractivity contribution >= 4 is 89.6 Å². The van der Waals surface area contributed by atoms with Gasteiger partial charge in [-0.05, 0) is 69.9 Å². The van der Waals surface area contributed by atoms with Gasteiger partial charge in [-0.3, -0.25) is 18.9 Å². The molecule has 3 unspecified atom stereocenters. The fourth-order valence-electron chi connectivity index (χ4n) is 8.04. The Balaban J connectivity index is 0.994. The van der Waals surface area contributed by atoms with Gasteiger partial charge in [-0.1, -0.05) is 121 Å². The van der Waals surface area contributed by atoms with E-state index in [0.717, 1.165) is 37.9 Å². The van der Waals surface area contributed by atoms with E-state index in [-0.39, 0.29) is 18.5 Å². The van der Waals surface area contributed by atoms with Crippen molar-refractivity contribution in [2.75, 3.05) is 25.7 Å². The van der Waals surface area contributed by atoms with Crippen LogP contribution in [0.5, 0.6) is 0 Å². The number of phosphoric acid groups is 3. The van der Waals surface area contributed by atoms with E-state index in [0.29, 0.717) is 17.4 Å². The van der Waals surface area contributed by atoms with Crippen molar-refractivity contribution in [1.29, 1.82) is 5.26 Å². The molecule has 0 spiro atoms. The molecule has 2 aliphatic rings. The van der Waals surface area contributed by atoms with Crippen LogP contribution in [0.3, 0.4) is 0 Å². The second-order valence-corrected chi connectivity index (χ2v) is 25.3.